The Kier molecular flexibility index (Phi) is 4.41. The molecule has 5 nitrogen and oxygen atoms in total. The number of amides is 1. The zero-order valence-corrected chi connectivity index (χ0v) is 9.24. The Labute approximate surface area is 104 Å². The number of halogens is 4. The largest absolute Gasteiger partial charge is 0.480 e. The van der Waals surface area contributed by atoms with Crippen molar-refractivity contribution < 1.29 is 32.3 Å². The number of carbonyl (C=O) groups excluding carboxylic acids is 1. The number of hydrogen-bond donors (Lipinski definition) is 2. The fourth-order valence-corrected chi connectivity index (χ4v) is 1.10. The average molecular weight is 280 g/mol. The second-order valence-electron chi connectivity index (χ2n) is 3.45. The van der Waals surface area contributed by atoms with E-state index < -0.39 is 36.5 Å². The van der Waals surface area contributed by atoms with Crippen LogP contribution >= 0.6 is 0 Å². The zero-order valence-electron chi connectivity index (χ0n) is 9.24. The van der Waals surface area contributed by atoms with Crippen LogP contribution in [0.2, 0.25) is 0 Å². The molecule has 1 heterocycles. The second kappa shape index (κ2) is 5.63. The van der Waals surface area contributed by atoms with Gasteiger partial charge in [0, 0.05) is 6.20 Å². The van der Waals surface area contributed by atoms with Gasteiger partial charge in [0.1, 0.15) is 12.4 Å². The Morgan fingerprint density at radius 3 is 2.37 bits per heavy atom. The first-order valence-corrected chi connectivity index (χ1v) is 4.88. The number of nitrogens with one attached hydrogen (secondary N) is 1. The maximum atomic E-state index is 12.2. The van der Waals surface area contributed by atoms with Gasteiger partial charge in [0.05, 0.1) is 5.56 Å². The average Bonchev–Trinajstić information content (AvgIpc) is 2.34. The number of aromatic nitrogens is 1. The van der Waals surface area contributed by atoms with Crippen molar-refractivity contribution in [2.75, 3.05) is 6.67 Å². The molecule has 104 valence electrons. The number of aliphatic carboxylic acids is 1. The minimum atomic E-state index is -4.64. The molecule has 1 atom stereocenters. The SMILES string of the molecule is O=C(NC(CF)C(=O)O)c1ccc(C(F)(F)F)nc1. The number of carbonyl (C=O) groups is 2. The lowest BCUT2D eigenvalue weighted by molar-refractivity contribution is -0.141. The van der Waals surface area contributed by atoms with Gasteiger partial charge in [-0.2, -0.15) is 13.2 Å². The van der Waals surface area contributed by atoms with Crippen LogP contribution in [0.3, 0.4) is 0 Å². The molecule has 0 aromatic carbocycles. The summed E-state index contributed by atoms with van der Waals surface area (Å²) in [5, 5.41) is 10.3. The molecule has 0 spiro atoms. The molecule has 2 N–H and O–H groups in total. The van der Waals surface area contributed by atoms with E-state index in [1.165, 1.54) is 0 Å². The van der Waals surface area contributed by atoms with Gasteiger partial charge < -0.3 is 10.4 Å². The molecule has 0 fully saturated rings. The van der Waals surface area contributed by atoms with Crippen molar-refractivity contribution in [1.82, 2.24) is 10.3 Å². The smallest absolute Gasteiger partial charge is 0.433 e. The number of rotatable bonds is 4. The van der Waals surface area contributed by atoms with E-state index in [9.17, 15) is 27.2 Å². The highest BCUT2D eigenvalue weighted by atomic mass is 19.4. The van der Waals surface area contributed by atoms with Crippen LogP contribution in [-0.4, -0.2) is 34.7 Å². The summed E-state index contributed by atoms with van der Waals surface area (Å²) >= 11 is 0. The third-order valence-corrected chi connectivity index (χ3v) is 2.07. The van der Waals surface area contributed by atoms with E-state index in [-0.39, 0.29) is 5.56 Å². The van der Waals surface area contributed by atoms with Crippen LogP contribution in [0.5, 0.6) is 0 Å². The van der Waals surface area contributed by atoms with Crippen LogP contribution in [0, 0.1) is 0 Å². The van der Waals surface area contributed by atoms with Crippen LogP contribution in [0.25, 0.3) is 0 Å². The molecule has 0 radical (unpaired) electrons. The Bertz CT molecular complexity index is 473. The van der Waals surface area contributed by atoms with Gasteiger partial charge in [-0.15, -0.1) is 0 Å². The highest BCUT2D eigenvalue weighted by Gasteiger charge is 2.32. The Balaban J connectivity index is 2.81. The molecule has 1 unspecified atom stereocenters. The van der Waals surface area contributed by atoms with E-state index in [1.54, 1.807) is 5.32 Å². The van der Waals surface area contributed by atoms with Crippen molar-refractivity contribution in [2.24, 2.45) is 0 Å². The number of carboxylic acids is 1. The first-order chi connectivity index (χ1) is 8.75. The van der Waals surface area contributed by atoms with Gasteiger partial charge in [0.2, 0.25) is 0 Å². The van der Waals surface area contributed by atoms with Gasteiger partial charge >= 0.3 is 12.1 Å². The second-order valence-corrected chi connectivity index (χ2v) is 3.45. The summed E-state index contributed by atoms with van der Waals surface area (Å²) in [6, 6.07) is -0.364. The lowest BCUT2D eigenvalue weighted by Gasteiger charge is -2.11. The van der Waals surface area contributed by atoms with E-state index in [0.29, 0.717) is 12.3 Å². The molecule has 9 heteroatoms. The standard InChI is InChI=1S/C10H8F4N2O3/c11-3-6(9(18)19)16-8(17)5-1-2-7(15-4-5)10(12,13)14/h1-2,4,6H,3H2,(H,16,17)(H,18,19). The summed E-state index contributed by atoms with van der Waals surface area (Å²) < 4.78 is 48.8. The van der Waals surface area contributed by atoms with Crippen LogP contribution in [-0.2, 0) is 11.0 Å². The maximum absolute atomic E-state index is 12.2. The number of carboxylic acid groups (broad SMARTS) is 1. The quantitative estimate of drug-likeness (QED) is 0.814. The van der Waals surface area contributed by atoms with Gasteiger partial charge in [-0.05, 0) is 12.1 Å². The molecule has 1 aromatic rings. The minimum Gasteiger partial charge on any atom is -0.480 e. The van der Waals surface area contributed by atoms with Crippen LogP contribution < -0.4 is 5.32 Å². The topological polar surface area (TPSA) is 79.3 Å². The van der Waals surface area contributed by atoms with Crippen molar-refractivity contribution in [3.63, 3.8) is 0 Å². The van der Waals surface area contributed by atoms with Crippen LogP contribution in [0.15, 0.2) is 18.3 Å². The zero-order chi connectivity index (χ0) is 14.6. The lowest BCUT2D eigenvalue weighted by atomic mass is 10.2. The molecule has 0 saturated heterocycles. The van der Waals surface area contributed by atoms with Crippen molar-refractivity contribution in [3.8, 4) is 0 Å². The van der Waals surface area contributed by atoms with E-state index in [4.69, 9.17) is 5.11 Å². The molecule has 0 bridgehead atoms. The monoisotopic (exact) mass is 280 g/mol. The van der Waals surface area contributed by atoms with Gasteiger partial charge in [-0.1, -0.05) is 0 Å². The van der Waals surface area contributed by atoms with Crippen molar-refractivity contribution >= 4 is 11.9 Å². The first kappa shape index (κ1) is 14.9. The van der Waals surface area contributed by atoms with Gasteiger partial charge in [-0.3, -0.25) is 9.78 Å². The van der Waals surface area contributed by atoms with Crippen molar-refractivity contribution in [3.05, 3.63) is 29.6 Å². The lowest BCUT2D eigenvalue weighted by Crippen LogP contribution is -2.42. The number of pyridine rings is 1. The summed E-state index contributed by atoms with van der Waals surface area (Å²) in [6.45, 7) is -1.34. The normalized spacial score (nSPS) is 12.8. The molecular weight excluding hydrogens is 272 g/mol. The van der Waals surface area contributed by atoms with Gasteiger partial charge in [-0.25, -0.2) is 9.18 Å². The fraction of sp³-hybridized carbons (Fsp3) is 0.300. The summed E-state index contributed by atoms with van der Waals surface area (Å²) in [5.74, 6) is -2.61. The van der Waals surface area contributed by atoms with Crippen LogP contribution in [0.1, 0.15) is 16.1 Å². The maximum Gasteiger partial charge on any atom is 0.433 e. The number of hydrogen-bond acceptors (Lipinski definition) is 3. The number of nitrogens with zero attached hydrogens (tertiary/aromatic N) is 1. The van der Waals surface area contributed by atoms with Crippen molar-refractivity contribution in [1.29, 1.82) is 0 Å². The Hall–Kier alpha value is -2.19. The van der Waals surface area contributed by atoms with E-state index in [1.807, 2.05) is 0 Å². The molecule has 1 rings (SSSR count). The first-order valence-electron chi connectivity index (χ1n) is 4.88. The summed E-state index contributed by atoms with van der Waals surface area (Å²) in [7, 11) is 0. The summed E-state index contributed by atoms with van der Waals surface area (Å²) in [4.78, 5) is 24.9. The predicted octanol–water partition coefficient (Wildman–Crippen LogP) is 1.25. The minimum absolute atomic E-state index is 0.298. The molecule has 0 aliphatic heterocycles. The molecule has 0 aliphatic carbocycles. The third-order valence-electron chi connectivity index (χ3n) is 2.07. The molecular formula is C10H8F4N2O3. The molecule has 0 saturated carbocycles. The highest BCUT2D eigenvalue weighted by molar-refractivity contribution is 5.96. The highest BCUT2D eigenvalue weighted by Crippen LogP contribution is 2.27. The van der Waals surface area contributed by atoms with Crippen LogP contribution in [0.4, 0.5) is 17.6 Å². The Morgan fingerprint density at radius 1 is 1.37 bits per heavy atom. The van der Waals surface area contributed by atoms with Gasteiger partial charge in [0.15, 0.2) is 6.04 Å². The van der Waals surface area contributed by atoms with E-state index in [0.717, 1.165) is 6.07 Å². The summed E-state index contributed by atoms with van der Waals surface area (Å²) in [5.41, 5.74) is -1.49. The molecule has 19 heavy (non-hydrogen) atoms. The summed E-state index contributed by atoms with van der Waals surface area (Å²) in [6.07, 6.45) is -4.01. The van der Waals surface area contributed by atoms with Gasteiger partial charge in [0.25, 0.3) is 5.91 Å². The Morgan fingerprint density at radius 2 is 2.00 bits per heavy atom. The molecule has 1 aromatic heterocycles. The number of alkyl halides is 4. The van der Waals surface area contributed by atoms with Crippen molar-refractivity contribution in [2.45, 2.75) is 12.2 Å². The third kappa shape index (κ3) is 3.90. The molecule has 1 amide bonds. The molecule has 0 aliphatic rings. The fourth-order valence-electron chi connectivity index (χ4n) is 1.10. The van der Waals surface area contributed by atoms with E-state index >= 15 is 0 Å². The predicted molar refractivity (Wildman–Crippen MR) is 54.1 cm³/mol. The van der Waals surface area contributed by atoms with E-state index in [2.05, 4.69) is 4.98 Å².